The summed E-state index contributed by atoms with van der Waals surface area (Å²) in [6.07, 6.45) is 1.76. The summed E-state index contributed by atoms with van der Waals surface area (Å²) in [6, 6.07) is 12.7. The summed E-state index contributed by atoms with van der Waals surface area (Å²) in [6.45, 7) is 3.76. The van der Waals surface area contributed by atoms with Gasteiger partial charge in [-0.3, -0.25) is 24.6 Å². The second kappa shape index (κ2) is 7.28. The number of benzene rings is 2. The Hall–Kier alpha value is -3.28. The van der Waals surface area contributed by atoms with E-state index in [2.05, 4.69) is 0 Å². The fourth-order valence-electron chi connectivity index (χ4n) is 4.41. The third-order valence-electron chi connectivity index (χ3n) is 5.69. The van der Waals surface area contributed by atoms with Crippen molar-refractivity contribution in [3.8, 4) is 0 Å². The van der Waals surface area contributed by atoms with Crippen molar-refractivity contribution in [2.75, 3.05) is 4.90 Å². The number of hydrogen-bond acceptors (Lipinski definition) is 4. The maximum atomic E-state index is 13.2. The third-order valence-corrected chi connectivity index (χ3v) is 5.69. The van der Waals surface area contributed by atoms with Crippen LogP contribution in [0.25, 0.3) is 0 Å². The zero-order chi connectivity index (χ0) is 20.7. The molecule has 6 nitrogen and oxygen atoms in total. The first-order valence-corrected chi connectivity index (χ1v) is 9.77. The highest BCUT2D eigenvalue weighted by Crippen LogP contribution is 2.45. The molecule has 0 aromatic heterocycles. The minimum Gasteiger partial charge on any atom is -0.294 e. The van der Waals surface area contributed by atoms with E-state index in [4.69, 9.17) is 0 Å². The van der Waals surface area contributed by atoms with E-state index in [0.29, 0.717) is 30.5 Å². The molecule has 1 atom stereocenters. The highest BCUT2D eigenvalue weighted by molar-refractivity contribution is 6.08. The van der Waals surface area contributed by atoms with E-state index in [9.17, 15) is 19.7 Å². The Bertz CT molecular complexity index is 1070. The van der Waals surface area contributed by atoms with E-state index in [1.165, 1.54) is 11.0 Å². The van der Waals surface area contributed by atoms with Gasteiger partial charge in [0, 0.05) is 36.1 Å². The molecular weight excluding hydrogens is 368 g/mol. The molecule has 0 bridgehead atoms. The summed E-state index contributed by atoms with van der Waals surface area (Å²) in [5, 5.41) is 11.7. The Kier molecular flexibility index (Phi) is 4.78. The molecule has 1 aliphatic heterocycles. The standard InChI is InChI=1S/C23H22N2O4/c1-14-5-3-6-16(11-14)17-13-22(27)24(19-7-4-8-21(26)23(17)19)18-10-9-15(2)12-20(18)25(28)29/h3,5-6,9-12,17H,4,7-8,13H2,1-2H3. The molecule has 1 unspecified atom stereocenters. The Morgan fingerprint density at radius 2 is 1.79 bits per heavy atom. The van der Waals surface area contributed by atoms with E-state index in [-0.39, 0.29) is 35.4 Å². The van der Waals surface area contributed by atoms with Gasteiger partial charge in [-0.1, -0.05) is 35.9 Å². The van der Waals surface area contributed by atoms with Gasteiger partial charge in [0.2, 0.25) is 5.91 Å². The molecule has 0 saturated heterocycles. The van der Waals surface area contributed by atoms with Crippen LogP contribution in [0, 0.1) is 24.0 Å². The molecule has 1 aliphatic carbocycles. The molecule has 0 saturated carbocycles. The van der Waals surface area contributed by atoms with E-state index >= 15 is 0 Å². The van der Waals surface area contributed by atoms with Crippen LogP contribution in [0.5, 0.6) is 0 Å². The average Bonchev–Trinajstić information content (AvgIpc) is 2.68. The number of nitrogens with zero attached hydrogens (tertiary/aromatic N) is 2. The zero-order valence-corrected chi connectivity index (χ0v) is 16.5. The Morgan fingerprint density at radius 3 is 2.52 bits per heavy atom. The summed E-state index contributed by atoms with van der Waals surface area (Å²) in [4.78, 5) is 38.8. The fourth-order valence-corrected chi connectivity index (χ4v) is 4.41. The first kappa shape index (κ1) is 19.1. The molecule has 2 aliphatic rings. The van der Waals surface area contributed by atoms with E-state index in [0.717, 1.165) is 16.7 Å². The SMILES string of the molecule is Cc1cccc(C2CC(=O)N(c3ccc(C)cc3[N+](=O)[O-])C3=C2C(=O)CCC3)c1. The van der Waals surface area contributed by atoms with Crippen LogP contribution in [0.2, 0.25) is 0 Å². The van der Waals surface area contributed by atoms with Gasteiger partial charge < -0.3 is 0 Å². The van der Waals surface area contributed by atoms with Crippen LogP contribution in [-0.2, 0) is 9.59 Å². The van der Waals surface area contributed by atoms with Gasteiger partial charge in [0.05, 0.1) is 4.92 Å². The van der Waals surface area contributed by atoms with Crippen LogP contribution in [0.4, 0.5) is 11.4 Å². The molecule has 0 fully saturated rings. The summed E-state index contributed by atoms with van der Waals surface area (Å²) in [5.74, 6) is -0.479. The number of nitro benzene ring substituents is 1. The zero-order valence-electron chi connectivity index (χ0n) is 16.5. The van der Waals surface area contributed by atoms with Crippen molar-refractivity contribution >= 4 is 23.1 Å². The van der Waals surface area contributed by atoms with Crippen LogP contribution in [0.3, 0.4) is 0 Å². The lowest BCUT2D eigenvalue weighted by Crippen LogP contribution is -2.40. The molecule has 148 valence electrons. The van der Waals surface area contributed by atoms with Crippen LogP contribution < -0.4 is 4.90 Å². The largest absolute Gasteiger partial charge is 0.294 e. The van der Waals surface area contributed by atoms with E-state index in [1.54, 1.807) is 19.1 Å². The quantitative estimate of drug-likeness (QED) is 0.560. The Labute approximate surface area is 169 Å². The van der Waals surface area contributed by atoms with Gasteiger partial charge >= 0.3 is 0 Å². The normalized spacial score (nSPS) is 19.4. The number of amides is 1. The van der Waals surface area contributed by atoms with Crippen LogP contribution in [0.15, 0.2) is 53.7 Å². The number of nitro groups is 1. The molecular formula is C23H22N2O4. The maximum Gasteiger partial charge on any atom is 0.293 e. The van der Waals surface area contributed by atoms with Gasteiger partial charge in [0.15, 0.2) is 5.78 Å². The molecule has 29 heavy (non-hydrogen) atoms. The molecule has 1 amide bonds. The van der Waals surface area contributed by atoms with Crippen molar-refractivity contribution in [1.82, 2.24) is 0 Å². The predicted molar refractivity (Wildman–Crippen MR) is 110 cm³/mol. The number of aryl methyl sites for hydroxylation is 2. The van der Waals surface area contributed by atoms with Gasteiger partial charge in [0.1, 0.15) is 5.69 Å². The molecule has 2 aromatic rings. The lowest BCUT2D eigenvalue weighted by molar-refractivity contribution is -0.384. The number of anilines is 1. The van der Waals surface area contributed by atoms with Crippen molar-refractivity contribution in [2.24, 2.45) is 0 Å². The summed E-state index contributed by atoms with van der Waals surface area (Å²) in [5.41, 5.74) is 4.15. The number of ketones is 1. The first-order valence-electron chi connectivity index (χ1n) is 9.77. The smallest absolute Gasteiger partial charge is 0.293 e. The van der Waals surface area contributed by atoms with Gasteiger partial charge in [-0.15, -0.1) is 0 Å². The Morgan fingerprint density at radius 1 is 1.03 bits per heavy atom. The van der Waals surface area contributed by atoms with Gasteiger partial charge in [-0.05, 0) is 43.9 Å². The van der Waals surface area contributed by atoms with Gasteiger partial charge in [-0.2, -0.15) is 0 Å². The van der Waals surface area contributed by atoms with Crippen LogP contribution in [0.1, 0.15) is 48.3 Å². The number of carbonyl (C=O) groups is 2. The molecule has 0 N–H and O–H groups in total. The third kappa shape index (κ3) is 3.35. The molecule has 4 rings (SSSR count). The van der Waals surface area contributed by atoms with Crippen molar-refractivity contribution in [3.05, 3.63) is 80.5 Å². The summed E-state index contributed by atoms with van der Waals surface area (Å²) >= 11 is 0. The minimum atomic E-state index is -0.465. The second-order valence-electron chi connectivity index (χ2n) is 7.79. The fraction of sp³-hybridized carbons (Fsp3) is 0.304. The molecule has 6 heteroatoms. The highest BCUT2D eigenvalue weighted by Gasteiger charge is 2.41. The van der Waals surface area contributed by atoms with Crippen molar-refractivity contribution < 1.29 is 14.5 Å². The van der Waals surface area contributed by atoms with Gasteiger partial charge in [0.25, 0.3) is 5.69 Å². The number of Topliss-reactive ketones (excluding diaryl/α,β-unsaturated/α-hetero) is 1. The van der Waals surface area contributed by atoms with Crippen LogP contribution >= 0.6 is 0 Å². The number of carbonyl (C=O) groups excluding carboxylic acids is 2. The average molecular weight is 390 g/mol. The molecule has 0 spiro atoms. The van der Waals surface area contributed by atoms with E-state index < -0.39 is 4.92 Å². The molecule has 0 radical (unpaired) electrons. The lowest BCUT2D eigenvalue weighted by atomic mass is 9.77. The summed E-state index contributed by atoms with van der Waals surface area (Å²) in [7, 11) is 0. The van der Waals surface area contributed by atoms with Crippen molar-refractivity contribution in [3.63, 3.8) is 0 Å². The molecule has 1 heterocycles. The Balaban J connectivity index is 1.91. The van der Waals surface area contributed by atoms with Crippen LogP contribution in [-0.4, -0.2) is 16.6 Å². The minimum absolute atomic E-state index is 0.0324. The van der Waals surface area contributed by atoms with Gasteiger partial charge in [-0.25, -0.2) is 0 Å². The predicted octanol–water partition coefficient (Wildman–Crippen LogP) is 4.74. The van der Waals surface area contributed by atoms with E-state index in [1.807, 2.05) is 31.2 Å². The monoisotopic (exact) mass is 390 g/mol. The number of allylic oxidation sites excluding steroid dienone is 2. The number of rotatable bonds is 3. The maximum absolute atomic E-state index is 13.2. The molecule has 2 aromatic carbocycles. The van der Waals surface area contributed by atoms with Crippen molar-refractivity contribution in [1.29, 1.82) is 0 Å². The lowest BCUT2D eigenvalue weighted by Gasteiger charge is -2.38. The first-order chi connectivity index (χ1) is 13.9. The van der Waals surface area contributed by atoms with Crippen molar-refractivity contribution in [2.45, 2.75) is 45.4 Å². The highest BCUT2D eigenvalue weighted by atomic mass is 16.6. The topological polar surface area (TPSA) is 80.5 Å². The number of hydrogen-bond donors (Lipinski definition) is 0. The second-order valence-corrected chi connectivity index (χ2v) is 7.79. The summed E-state index contributed by atoms with van der Waals surface area (Å²) < 4.78 is 0.